The van der Waals surface area contributed by atoms with Gasteiger partial charge >= 0.3 is 0 Å². The van der Waals surface area contributed by atoms with Crippen LogP contribution in [0.3, 0.4) is 0 Å². The van der Waals surface area contributed by atoms with Crippen molar-refractivity contribution in [3.63, 3.8) is 0 Å². The second-order valence-electron chi connectivity index (χ2n) is 8.04. The van der Waals surface area contributed by atoms with E-state index >= 15 is 0 Å². The molecule has 136 valence electrons. The fourth-order valence-corrected chi connectivity index (χ4v) is 3.13. The maximum absolute atomic E-state index is 6.12. The van der Waals surface area contributed by atoms with Crippen molar-refractivity contribution in [3.05, 3.63) is 48.0 Å². The molecule has 0 fully saturated rings. The molecule has 0 aliphatic carbocycles. The Balaban J connectivity index is 2.36. The van der Waals surface area contributed by atoms with Crippen molar-refractivity contribution in [2.75, 3.05) is 6.54 Å². The first-order valence-electron chi connectivity index (χ1n) is 9.40. The van der Waals surface area contributed by atoms with E-state index < -0.39 is 9.04 Å². The lowest BCUT2D eigenvalue weighted by molar-refractivity contribution is 0.210. The molecule has 3 heteroatoms. The molecule has 2 atom stereocenters. The van der Waals surface area contributed by atoms with Crippen LogP contribution < -0.4 is 5.32 Å². The van der Waals surface area contributed by atoms with Crippen LogP contribution in [0.1, 0.15) is 46.1 Å². The lowest BCUT2D eigenvalue weighted by Crippen LogP contribution is -2.34. The van der Waals surface area contributed by atoms with E-state index in [4.69, 9.17) is 4.43 Å². The van der Waals surface area contributed by atoms with Crippen LogP contribution in [-0.4, -0.2) is 21.8 Å². The van der Waals surface area contributed by atoms with Crippen LogP contribution in [0.5, 0.6) is 0 Å². The zero-order valence-electron chi connectivity index (χ0n) is 16.5. The van der Waals surface area contributed by atoms with Crippen LogP contribution in [0.2, 0.25) is 13.1 Å². The van der Waals surface area contributed by atoms with Gasteiger partial charge in [0.2, 0.25) is 0 Å². The fourth-order valence-electron chi connectivity index (χ4n) is 2.35. The molecule has 2 nitrogen and oxygen atoms in total. The Morgan fingerprint density at radius 3 is 2.33 bits per heavy atom. The molecular weight excluding hydrogens is 310 g/mol. The van der Waals surface area contributed by atoms with Crippen molar-refractivity contribution in [1.82, 2.24) is 5.32 Å². The number of rotatable bonds is 10. The van der Waals surface area contributed by atoms with Gasteiger partial charge in [-0.25, -0.2) is 0 Å². The van der Waals surface area contributed by atoms with E-state index in [9.17, 15) is 0 Å². The summed E-state index contributed by atoms with van der Waals surface area (Å²) in [6, 6.07) is 10.7. The smallest absolute Gasteiger partial charge is 0.173 e. The Kier molecular flexibility index (Phi) is 9.56. The summed E-state index contributed by atoms with van der Waals surface area (Å²) in [5.74, 6) is 0.539. The zero-order valence-corrected chi connectivity index (χ0v) is 17.7. The van der Waals surface area contributed by atoms with Crippen LogP contribution in [0.15, 0.2) is 42.5 Å². The quantitative estimate of drug-likeness (QED) is 0.273. The minimum atomic E-state index is -1.05. The van der Waals surface area contributed by atoms with Crippen molar-refractivity contribution in [3.8, 4) is 0 Å². The molecule has 0 spiro atoms. The molecule has 0 heterocycles. The van der Waals surface area contributed by atoms with Gasteiger partial charge in [-0.15, -0.1) is 0 Å². The molecule has 24 heavy (non-hydrogen) atoms. The van der Waals surface area contributed by atoms with Crippen LogP contribution in [-0.2, 0) is 10.8 Å². The highest BCUT2D eigenvalue weighted by Gasteiger charge is 2.17. The second kappa shape index (κ2) is 10.9. The Hall–Kier alpha value is -0.903. The summed E-state index contributed by atoms with van der Waals surface area (Å²) in [4.78, 5) is 0. The summed E-state index contributed by atoms with van der Waals surface area (Å²) in [6.45, 7) is 14.6. The molecule has 0 radical (unpaired) electrons. The van der Waals surface area contributed by atoms with Crippen LogP contribution in [0, 0.1) is 11.3 Å². The van der Waals surface area contributed by atoms with E-state index in [1.807, 2.05) is 0 Å². The van der Waals surface area contributed by atoms with E-state index in [0.29, 0.717) is 11.3 Å². The maximum Gasteiger partial charge on any atom is 0.173 e. The van der Waals surface area contributed by atoms with E-state index in [0.717, 1.165) is 13.0 Å². The Morgan fingerprint density at radius 2 is 1.75 bits per heavy atom. The number of unbranched alkanes of at least 4 members (excludes halogenated alkanes) is 1. The van der Waals surface area contributed by atoms with Crippen molar-refractivity contribution < 1.29 is 4.43 Å². The van der Waals surface area contributed by atoms with Gasteiger partial charge < -0.3 is 4.43 Å². The van der Waals surface area contributed by atoms with Gasteiger partial charge in [-0.1, -0.05) is 64.1 Å². The molecule has 2 unspecified atom stereocenters. The number of allylic oxidation sites excluding steroid dienone is 1. The summed E-state index contributed by atoms with van der Waals surface area (Å²) >= 11 is 0. The third kappa shape index (κ3) is 9.41. The summed E-state index contributed by atoms with van der Waals surface area (Å²) in [5, 5.41) is 3.57. The molecule has 1 rings (SSSR count). The summed E-state index contributed by atoms with van der Waals surface area (Å²) in [5.41, 5.74) is 1.73. The molecule has 1 N–H and O–H groups in total. The average molecular weight is 348 g/mol. The predicted octanol–water partition coefficient (Wildman–Crippen LogP) is 5.16. The third-order valence-corrected chi connectivity index (χ3v) is 5.28. The Morgan fingerprint density at radius 1 is 1.08 bits per heavy atom. The molecule has 0 saturated heterocycles. The van der Waals surface area contributed by atoms with Gasteiger partial charge in [0.25, 0.3) is 0 Å². The molecular formula is C21H37NOSi. The summed E-state index contributed by atoms with van der Waals surface area (Å²) in [7, 11) is -1.05. The predicted molar refractivity (Wildman–Crippen MR) is 109 cm³/mol. The first-order chi connectivity index (χ1) is 11.3. The van der Waals surface area contributed by atoms with Gasteiger partial charge in [0.1, 0.15) is 6.23 Å². The molecule has 1 aromatic rings. The zero-order chi connectivity index (χ0) is 18.0. The number of hydrogen-bond acceptors (Lipinski definition) is 2. The largest absolute Gasteiger partial charge is 0.402 e. The van der Waals surface area contributed by atoms with Crippen molar-refractivity contribution >= 4 is 9.04 Å². The Labute approximate surface area is 151 Å². The van der Waals surface area contributed by atoms with Gasteiger partial charge in [0.05, 0.1) is 0 Å². The van der Waals surface area contributed by atoms with E-state index in [2.05, 4.69) is 88.6 Å². The minimum absolute atomic E-state index is 0.0678. The number of aryl methyl sites for hydroxylation is 1. The standard InChI is InChI=1S/C21H37NOSi/c1-18(21(2,3)4)15-16-20(23-24(5)6)22-17-11-10-14-19-12-8-7-9-13-19/h7-9,12-13,15-16,18,20,22,24H,10-11,14,17H2,1-6H3/b16-15+. The monoisotopic (exact) mass is 347 g/mol. The van der Waals surface area contributed by atoms with Gasteiger partial charge in [0, 0.05) is 0 Å². The van der Waals surface area contributed by atoms with Crippen LogP contribution in [0.25, 0.3) is 0 Å². The molecule has 0 aliphatic heterocycles. The molecule has 0 aromatic heterocycles. The van der Waals surface area contributed by atoms with Gasteiger partial charge in [0.15, 0.2) is 9.04 Å². The number of hydrogen-bond donors (Lipinski definition) is 1. The van der Waals surface area contributed by atoms with Crippen molar-refractivity contribution in [2.45, 2.75) is 66.3 Å². The second-order valence-corrected chi connectivity index (χ2v) is 10.4. The van der Waals surface area contributed by atoms with Gasteiger partial charge in [-0.05, 0) is 61.9 Å². The SMILES string of the molecule is CC(/C=C/C(NCCCCc1ccccc1)O[SiH](C)C)C(C)(C)C. The Bertz CT molecular complexity index is 464. The lowest BCUT2D eigenvalue weighted by atomic mass is 9.82. The molecule has 0 saturated carbocycles. The lowest BCUT2D eigenvalue weighted by Gasteiger charge is -2.25. The fraction of sp³-hybridized carbons (Fsp3) is 0.619. The minimum Gasteiger partial charge on any atom is -0.402 e. The van der Waals surface area contributed by atoms with Crippen molar-refractivity contribution in [1.29, 1.82) is 0 Å². The molecule has 1 aromatic carbocycles. The first-order valence-corrected chi connectivity index (χ1v) is 12.2. The van der Waals surface area contributed by atoms with Gasteiger partial charge in [-0.2, -0.15) is 0 Å². The number of benzene rings is 1. The molecule has 0 amide bonds. The molecule has 0 bridgehead atoms. The number of nitrogens with one attached hydrogen (secondary N) is 1. The van der Waals surface area contributed by atoms with Crippen molar-refractivity contribution in [2.24, 2.45) is 11.3 Å². The highest BCUT2D eigenvalue weighted by Crippen LogP contribution is 2.26. The first kappa shape index (κ1) is 21.1. The summed E-state index contributed by atoms with van der Waals surface area (Å²) < 4.78 is 6.12. The maximum atomic E-state index is 6.12. The normalized spacial score (nSPS) is 15.1. The highest BCUT2D eigenvalue weighted by atomic mass is 28.3. The third-order valence-electron chi connectivity index (χ3n) is 4.44. The molecule has 0 aliphatic rings. The average Bonchev–Trinajstić information content (AvgIpc) is 2.51. The van der Waals surface area contributed by atoms with E-state index in [-0.39, 0.29) is 6.23 Å². The van der Waals surface area contributed by atoms with Gasteiger partial charge in [-0.3, -0.25) is 5.32 Å². The van der Waals surface area contributed by atoms with E-state index in [1.165, 1.54) is 18.4 Å². The topological polar surface area (TPSA) is 21.3 Å². The summed E-state index contributed by atoms with van der Waals surface area (Å²) in [6.07, 6.45) is 8.14. The highest BCUT2D eigenvalue weighted by molar-refractivity contribution is 6.48. The van der Waals surface area contributed by atoms with Crippen LogP contribution in [0.4, 0.5) is 0 Å². The van der Waals surface area contributed by atoms with E-state index in [1.54, 1.807) is 0 Å². The van der Waals surface area contributed by atoms with Crippen LogP contribution >= 0.6 is 0 Å².